The monoisotopic (exact) mass is 353 g/mol. The second kappa shape index (κ2) is 7.07. The van der Waals surface area contributed by atoms with Crippen LogP contribution in [-0.4, -0.2) is 21.2 Å². The summed E-state index contributed by atoms with van der Waals surface area (Å²) in [6.07, 6.45) is -0.438. The molecular weight excluding hydrogens is 330 g/mol. The average molecular weight is 353 g/mol. The van der Waals surface area contributed by atoms with Crippen LogP contribution < -0.4 is 11.0 Å². The van der Waals surface area contributed by atoms with Gasteiger partial charge in [0.2, 0.25) is 0 Å². The number of fused-ring (bicyclic) bond motifs is 1. The summed E-state index contributed by atoms with van der Waals surface area (Å²) in [5.74, 6) is 0. The molecule has 1 heterocycles. The smallest absolute Gasteiger partial charge is 0.407 e. The van der Waals surface area contributed by atoms with E-state index in [-0.39, 0.29) is 5.69 Å². The van der Waals surface area contributed by atoms with Gasteiger partial charge in [-0.05, 0) is 44.0 Å². The number of aromatic nitrogens is 2. The van der Waals surface area contributed by atoms with Crippen molar-refractivity contribution in [1.82, 2.24) is 14.9 Å². The summed E-state index contributed by atoms with van der Waals surface area (Å²) in [6, 6.07) is 15.4. The quantitative estimate of drug-likeness (QED) is 0.755. The Morgan fingerprint density at radius 3 is 2.42 bits per heavy atom. The molecule has 0 spiro atoms. The molecule has 0 saturated carbocycles. The first-order valence-corrected chi connectivity index (χ1v) is 8.54. The predicted molar refractivity (Wildman–Crippen MR) is 101 cm³/mol. The van der Waals surface area contributed by atoms with Gasteiger partial charge in [-0.3, -0.25) is 4.57 Å². The normalized spacial score (nSPS) is 11.5. The van der Waals surface area contributed by atoms with Crippen LogP contribution in [0.3, 0.4) is 0 Å². The van der Waals surface area contributed by atoms with Crippen LogP contribution in [-0.2, 0) is 17.8 Å². The van der Waals surface area contributed by atoms with E-state index < -0.39 is 11.7 Å². The van der Waals surface area contributed by atoms with Gasteiger partial charge < -0.3 is 15.0 Å². The van der Waals surface area contributed by atoms with E-state index in [0.717, 1.165) is 22.2 Å². The van der Waals surface area contributed by atoms with E-state index in [4.69, 9.17) is 4.74 Å². The lowest BCUT2D eigenvalue weighted by Crippen LogP contribution is -2.32. The summed E-state index contributed by atoms with van der Waals surface area (Å²) in [5, 5.41) is 2.73. The van der Waals surface area contributed by atoms with Crippen LogP contribution in [0.4, 0.5) is 4.79 Å². The fourth-order valence-electron chi connectivity index (χ4n) is 2.70. The first kappa shape index (κ1) is 17.8. The third-order valence-corrected chi connectivity index (χ3v) is 3.88. The van der Waals surface area contributed by atoms with Crippen molar-refractivity contribution in [3.8, 4) is 0 Å². The number of alkyl carbamates (subject to hydrolysis) is 1. The third kappa shape index (κ3) is 4.33. The predicted octanol–water partition coefficient (Wildman–Crippen LogP) is 3.40. The molecule has 3 aromatic rings. The maximum absolute atomic E-state index is 12.1. The summed E-state index contributed by atoms with van der Waals surface area (Å²) in [7, 11) is 0. The number of nitrogens with zero attached hydrogens (tertiary/aromatic N) is 1. The standard InChI is InChI=1S/C20H23N3O3/c1-20(2,3)26-19(25)21-12-14-8-10-15(11-9-14)13-23-17-7-5-4-6-16(17)22-18(23)24/h4-11H,12-13H2,1-3H3,(H,21,25)(H,22,24). The zero-order valence-corrected chi connectivity index (χ0v) is 15.2. The van der Waals surface area contributed by atoms with Gasteiger partial charge >= 0.3 is 11.8 Å². The fourth-order valence-corrected chi connectivity index (χ4v) is 2.70. The Labute approximate surface area is 151 Å². The van der Waals surface area contributed by atoms with Crippen LogP contribution in [0.1, 0.15) is 31.9 Å². The van der Waals surface area contributed by atoms with Gasteiger partial charge in [0.1, 0.15) is 5.60 Å². The molecule has 136 valence electrons. The van der Waals surface area contributed by atoms with Crippen LogP contribution in [0, 0.1) is 0 Å². The minimum atomic E-state index is -0.513. The molecule has 1 amide bonds. The third-order valence-electron chi connectivity index (χ3n) is 3.88. The number of rotatable bonds is 4. The second-order valence-electron chi connectivity index (χ2n) is 7.21. The van der Waals surface area contributed by atoms with Gasteiger partial charge in [-0.25, -0.2) is 9.59 Å². The molecule has 6 heteroatoms. The molecule has 0 fully saturated rings. The number of ether oxygens (including phenoxy) is 1. The lowest BCUT2D eigenvalue weighted by molar-refractivity contribution is 0.0523. The van der Waals surface area contributed by atoms with Gasteiger partial charge in [0.15, 0.2) is 0 Å². The highest BCUT2D eigenvalue weighted by atomic mass is 16.6. The Hall–Kier alpha value is -3.02. The number of hydrogen-bond donors (Lipinski definition) is 2. The van der Waals surface area contributed by atoms with E-state index in [9.17, 15) is 9.59 Å². The van der Waals surface area contributed by atoms with Crippen LogP contribution in [0.25, 0.3) is 11.0 Å². The highest BCUT2D eigenvalue weighted by molar-refractivity contribution is 5.75. The van der Waals surface area contributed by atoms with Crippen molar-refractivity contribution in [1.29, 1.82) is 0 Å². The Kier molecular flexibility index (Phi) is 4.84. The number of imidazole rings is 1. The number of carbonyl (C=O) groups is 1. The highest BCUT2D eigenvalue weighted by Gasteiger charge is 2.15. The minimum absolute atomic E-state index is 0.123. The van der Waals surface area contributed by atoms with Crippen molar-refractivity contribution in [2.75, 3.05) is 0 Å². The molecule has 3 rings (SSSR count). The van der Waals surface area contributed by atoms with Crippen LogP contribution in [0.15, 0.2) is 53.3 Å². The van der Waals surface area contributed by atoms with E-state index in [2.05, 4.69) is 10.3 Å². The molecule has 0 radical (unpaired) electrons. The van der Waals surface area contributed by atoms with Gasteiger partial charge in [-0.15, -0.1) is 0 Å². The largest absolute Gasteiger partial charge is 0.444 e. The summed E-state index contributed by atoms with van der Waals surface area (Å²) in [5.41, 5.74) is 3.05. The van der Waals surface area contributed by atoms with E-state index in [1.165, 1.54) is 0 Å². The minimum Gasteiger partial charge on any atom is -0.444 e. The number of H-pyrrole nitrogens is 1. The molecule has 0 aliphatic rings. The average Bonchev–Trinajstić information content (AvgIpc) is 2.88. The van der Waals surface area contributed by atoms with Crippen LogP contribution in [0.2, 0.25) is 0 Å². The molecule has 2 aromatic carbocycles. The molecule has 0 unspecified atom stereocenters. The molecular formula is C20H23N3O3. The van der Waals surface area contributed by atoms with E-state index in [1.807, 2.05) is 69.3 Å². The van der Waals surface area contributed by atoms with Crippen molar-refractivity contribution < 1.29 is 9.53 Å². The van der Waals surface area contributed by atoms with Crippen molar-refractivity contribution in [2.24, 2.45) is 0 Å². The van der Waals surface area contributed by atoms with Crippen molar-refractivity contribution in [3.63, 3.8) is 0 Å². The zero-order chi connectivity index (χ0) is 18.7. The molecule has 0 bridgehead atoms. The Morgan fingerprint density at radius 1 is 1.08 bits per heavy atom. The first-order valence-electron chi connectivity index (χ1n) is 8.54. The first-order chi connectivity index (χ1) is 12.3. The summed E-state index contributed by atoms with van der Waals surface area (Å²) >= 11 is 0. The van der Waals surface area contributed by atoms with Gasteiger partial charge in [0.05, 0.1) is 17.6 Å². The molecule has 0 atom stereocenters. The molecule has 0 aliphatic heterocycles. The lowest BCUT2D eigenvalue weighted by atomic mass is 10.1. The Bertz CT molecular complexity index is 962. The van der Waals surface area contributed by atoms with Crippen molar-refractivity contribution >= 4 is 17.1 Å². The number of benzene rings is 2. The van der Waals surface area contributed by atoms with E-state index in [1.54, 1.807) is 4.57 Å². The number of aromatic amines is 1. The topological polar surface area (TPSA) is 76.1 Å². The molecule has 6 nitrogen and oxygen atoms in total. The molecule has 2 N–H and O–H groups in total. The van der Waals surface area contributed by atoms with Crippen molar-refractivity contribution in [2.45, 2.75) is 39.5 Å². The highest BCUT2D eigenvalue weighted by Crippen LogP contribution is 2.12. The Balaban J connectivity index is 1.65. The summed E-state index contributed by atoms with van der Waals surface area (Å²) in [4.78, 5) is 26.7. The molecule has 26 heavy (non-hydrogen) atoms. The maximum Gasteiger partial charge on any atom is 0.407 e. The zero-order valence-electron chi connectivity index (χ0n) is 15.2. The number of nitrogens with one attached hydrogen (secondary N) is 2. The number of carbonyl (C=O) groups excluding carboxylic acids is 1. The van der Waals surface area contributed by atoms with Gasteiger partial charge in [-0.2, -0.15) is 0 Å². The maximum atomic E-state index is 12.1. The molecule has 0 saturated heterocycles. The number of para-hydroxylation sites is 2. The van der Waals surface area contributed by atoms with Gasteiger partial charge in [0, 0.05) is 6.54 Å². The second-order valence-corrected chi connectivity index (χ2v) is 7.21. The summed E-state index contributed by atoms with van der Waals surface area (Å²) in [6.45, 7) is 6.36. The van der Waals surface area contributed by atoms with E-state index >= 15 is 0 Å². The van der Waals surface area contributed by atoms with Crippen molar-refractivity contribution in [3.05, 3.63) is 70.1 Å². The van der Waals surface area contributed by atoms with E-state index in [0.29, 0.717) is 13.1 Å². The molecule has 1 aromatic heterocycles. The van der Waals surface area contributed by atoms with Gasteiger partial charge in [-0.1, -0.05) is 36.4 Å². The number of amides is 1. The summed E-state index contributed by atoms with van der Waals surface area (Å²) < 4.78 is 6.93. The fraction of sp³-hybridized carbons (Fsp3) is 0.300. The lowest BCUT2D eigenvalue weighted by Gasteiger charge is -2.19. The van der Waals surface area contributed by atoms with Crippen LogP contribution >= 0.6 is 0 Å². The molecule has 0 aliphatic carbocycles. The Morgan fingerprint density at radius 2 is 1.73 bits per heavy atom. The van der Waals surface area contributed by atoms with Crippen LogP contribution in [0.5, 0.6) is 0 Å². The SMILES string of the molecule is CC(C)(C)OC(=O)NCc1ccc(Cn2c(=O)[nH]c3ccccc32)cc1. The van der Waals surface area contributed by atoms with Gasteiger partial charge in [0.25, 0.3) is 0 Å². The number of hydrogen-bond acceptors (Lipinski definition) is 3.